The maximum absolute atomic E-state index is 3.82. The van der Waals surface area contributed by atoms with Crippen LogP contribution in [-0.4, -0.2) is 37.1 Å². The van der Waals surface area contributed by atoms with Gasteiger partial charge in [-0.2, -0.15) is 0 Å². The van der Waals surface area contributed by atoms with E-state index in [0.717, 1.165) is 32.1 Å². The maximum atomic E-state index is 3.82. The molecule has 0 aliphatic heterocycles. The van der Waals surface area contributed by atoms with Gasteiger partial charge in [-0.15, -0.1) is 6.58 Å². The van der Waals surface area contributed by atoms with E-state index in [1.54, 1.807) is 0 Å². The van der Waals surface area contributed by atoms with Crippen LogP contribution in [0.3, 0.4) is 0 Å². The second-order valence-corrected chi connectivity index (χ2v) is 5.49. The van der Waals surface area contributed by atoms with E-state index in [-0.39, 0.29) is 0 Å². The summed E-state index contributed by atoms with van der Waals surface area (Å²) in [6.07, 6.45) is 1.99. The van der Waals surface area contributed by atoms with Crippen molar-refractivity contribution in [2.24, 2.45) is 11.8 Å². The highest BCUT2D eigenvalue weighted by Gasteiger charge is 2.11. The molecule has 0 rings (SSSR count). The normalized spacial score (nSPS) is 13.8. The van der Waals surface area contributed by atoms with Gasteiger partial charge in [-0.05, 0) is 38.8 Å². The van der Waals surface area contributed by atoms with Gasteiger partial charge < -0.3 is 5.32 Å². The summed E-state index contributed by atoms with van der Waals surface area (Å²) in [7, 11) is 0. The molecule has 96 valence electrons. The summed E-state index contributed by atoms with van der Waals surface area (Å²) in [4.78, 5) is 2.47. The maximum Gasteiger partial charge on any atom is 0.0163 e. The molecular weight excluding hydrogens is 196 g/mol. The van der Waals surface area contributed by atoms with Crippen LogP contribution in [0.15, 0.2) is 12.7 Å². The third kappa shape index (κ3) is 7.89. The van der Waals surface area contributed by atoms with E-state index < -0.39 is 0 Å². The van der Waals surface area contributed by atoms with Crippen LogP contribution in [0.4, 0.5) is 0 Å². The fraction of sp³-hybridized carbons (Fsp3) is 0.857. The summed E-state index contributed by atoms with van der Waals surface area (Å²) < 4.78 is 0. The molecule has 0 aromatic heterocycles. The van der Waals surface area contributed by atoms with E-state index in [1.807, 2.05) is 6.08 Å². The van der Waals surface area contributed by atoms with Gasteiger partial charge in [0.05, 0.1) is 0 Å². The Labute approximate surface area is 102 Å². The molecule has 0 aliphatic carbocycles. The molecule has 0 aromatic rings. The molecule has 2 nitrogen and oxygen atoms in total. The summed E-state index contributed by atoms with van der Waals surface area (Å²) in [6.45, 7) is 19.5. The number of nitrogens with one attached hydrogen (secondary N) is 1. The van der Waals surface area contributed by atoms with Gasteiger partial charge in [-0.25, -0.2) is 0 Å². The van der Waals surface area contributed by atoms with Gasteiger partial charge in [0.1, 0.15) is 0 Å². The van der Waals surface area contributed by atoms with Crippen molar-refractivity contribution in [2.45, 2.75) is 40.7 Å². The molecule has 1 unspecified atom stereocenters. The Morgan fingerprint density at radius 3 is 2.19 bits per heavy atom. The Bertz CT molecular complexity index is 176. The third-order valence-electron chi connectivity index (χ3n) is 2.69. The average Bonchev–Trinajstić information content (AvgIpc) is 2.16. The zero-order valence-electron chi connectivity index (χ0n) is 11.8. The monoisotopic (exact) mass is 226 g/mol. The van der Waals surface area contributed by atoms with Crippen LogP contribution in [-0.2, 0) is 0 Å². The molecule has 1 N–H and O–H groups in total. The SMILES string of the molecule is C=CCN(CC(C)CNCC(C)C)C(C)C. The molecular formula is C14H30N2. The van der Waals surface area contributed by atoms with Crippen LogP contribution in [0.5, 0.6) is 0 Å². The second-order valence-electron chi connectivity index (χ2n) is 5.49. The van der Waals surface area contributed by atoms with E-state index in [4.69, 9.17) is 0 Å². The van der Waals surface area contributed by atoms with Crippen LogP contribution in [0, 0.1) is 11.8 Å². The van der Waals surface area contributed by atoms with Crippen molar-refractivity contribution in [1.29, 1.82) is 0 Å². The van der Waals surface area contributed by atoms with Crippen molar-refractivity contribution >= 4 is 0 Å². The van der Waals surface area contributed by atoms with E-state index in [0.29, 0.717) is 12.0 Å². The number of rotatable bonds is 9. The quantitative estimate of drug-likeness (QED) is 0.608. The lowest BCUT2D eigenvalue weighted by molar-refractivity contribution is 0.210. The fourth-order valence-corrected chi connectivity index (χ4v) is 1.75. The highest BCUT2D eigenvalue weighted by atomic mass is 15.1. The van der Waals surface area contributed by atoms with Crippen LogP contribution < -0.4 is 5.32 Å². The number of hydrogen-bond donors (Lipinski definition) is 1. The van der Waals surface area contributed by atoms with Crippen LogP contribution >= 0.6 is 0 Å². The molecule has 0 saturated heterocycles. The van der Waals surface area contributed by atoms with Gasteiger partial charge in [-0.1, -0.05) is 26.8 Å². The zero-order valence-corrected chi connectivity index (χ0v) is 11.8. The van der Waals surface area contributed by atoms with Gasteiger partial charge in [0, 0.05) is 19.1 Å². The Hall–Kier alpha value is -0.340. The van der Waals surface area contributed by atoms with E-state index in [1.165, 1.54) is 0 Å². The van der Waals surface area contributed by atoms with Crippen LogP contribution in [0.25, 0.3) is 0 Å². The van der Waals surface area contributed by atoms with Gasteiger partial charge in [0.2, 0.25) is 0 Å². The summed E-state index contributed by atoms with van der Waals surface area (Å²) in [5.74, 6) is 1.43. The van der Waals surface area contributed by atoms with Crippen molar-refractivity contribution in [3.05, 3.63) is 12.7 Å². The van der Waals surface area contributed by atoms with E-state index in [9.17, 15) is 0 Å². The van der Waals surface area contributed by atoms with E-state index >= 15 is 0 Å². The van der Waals surface area contributed by atoms with Gasteiger partial charge in [0.25, 0.3) is 0 Å². The predicted molar refractivity (Wildman–Crippen MR) is 73.8 cm³/mol. The molecule has 16 heavy (non-hydrogen) atoms. The highest BCUT2D eigenvalue weighted by Crippen LogP contribution is 2.04. The second kappa shape index (κ2) is 8.77. The molecule has 0 bridgehead atoms. The van der Waals surface area contributed by atoms with Crippen molar-refractivity contribution in [1.82, 2.24) is 10.2 Å². The lowest BCUT2D eigenvalue weighted by atomic mass is 10.1. The molecule has 0 spiro atoms. The Morgan fingerprint density at radius 2 is 1.75 bits per heavy atom. The van der Waals surface area contributed by atoms with Crippen molar-refractivity contribution in [2.75, 3.05) is 26.2 Å². The molecule has 2 heteroatoms. The minimum absolute atomic E-state index is 0.602. The molecule has 0 aromatic carbocycles. The Kier molecular flexibility index (Phi) is 8.58. The van der Waals surface area contributed by atoms with Crippen LogP contribution in [0.1, 0.15) is 34.6 Å². The van der Waals surface area contributed by atoms with Crippen molar-refractivity contribution in [3.8, 4) is 0 Å². The van der Waals surface area contributed by atoms with E-state index in [2.05, 4.69) is 51.4 Å². The standard InChI is InChI=1S/C14H30N2/c1-7-8-16(13(4)5)11-14(6)10-15-9-12(2)3/h7,12-15H,1,8-11H2,2-6H3. The summed E-state index contributed by atoms with van der Waals surface area (Å²) in [5, 5.41) is 3.52. The van der Waals surface area contributed by atoms with Gasteiger partial charge in [-0.3, -0.25) is 4.90 Å². The minimum Gasteiger partial charge on any atom is -0.316 e. The Balaban J connectivity index is 3.81. The topological polar surface area (TPSA) is 15.3 Å². The lowest BCUT2D eigenvalue weighted by Crippen LogP contribution is -2.38. The first kappa shape index (κ1) is 15.7. The summed E-state index contributed by atoms with van der Waals surface area (Å²) in [6, 6.07) is 0.602. The lowest BCUT2D eigenvalue weighted by Gasteiger charge is -2.28. The summed E-state index contributed by atoms with van der Waals surface area (Å²) >= 11 is 0. The molecule has 0 amide bonds. The van der Waals surface area contributed by atoms with Crippen molar-refractivity contribution in [3.63, 3.8) is 0 Å². The first-order chi connectivity index (χ1) is 7.47. The largest absolute Gasteiger partial charge is 0.316 e. The molecule has 1 atom stereocenters. The average molecular weight is 226 g/mol. The molecule has 0 radical (unpaired) electrons. The molecule has 0 saturated carbocycles. The van der Waals surface area contributed by atoms with Crippen LogP contribution in [0.2, 0.25) is 0 Å². The molecule has 0 heterocycles. The van der Waals surface area contributed by atoms with Gasteiger partial charge in [0.15, 0.2) is 0 Å². The predicted octanol–water partition coefficient (Wildman–Crippen LogP) is 2.76. The molecule has 0 fully saturated rings. The van der Waals surface area contributed by atoms with Crippen molar-refractivity contribution < 1.29 is 0 Å². The van der Waals surface area contributed by atoms with Gasteiger partial charge >= 0.3 is 0 Å². The number of nitrogens with zero attached hydrogens (tertiary/aromatic N) is 1. The third-order valence-corrected chi connectivity index (χ3v) is 2.69. The highest BCUT2D eigenvalue weighted by molar-refractivity contribution is 4.77. The zero-order chi connectivity index (χ0) is 12.6. The Morgan fingerprint density at radius 1 is 1.12 bits per heavy atom. The summed E-state index contributed by atoms with van der Waals surface area (Å²) in [5.41, 5.74) is 0. The fourth-order valence-electron chi connectivity index (χ4n) is 1.75. The first-order valence-corrected chi connectivity index (χ1v) is 6.53. The first-order valence-electron chi connectivity index (χ1n) is 6.53. The number of hydrogen-bond acceptors (Lipinski definition) is 2. The molecule has 0 aliphatic rings. The smallest absolute Gasteiger partial charge is 0.0163 e. The minimum atomic E-state index is 0.602.